The molecule has 3 aromatic rings. The predicted octanol–water partition coefficient (Wildman–Crippen LogP) is 2.53. The highest BCUT2D eigenvalue weighted by atomic mass is 19.1. The molecule has 0 aliphatic heterocycles. The molecule has 0 unspecified atom stereocenters. The van der Waals surface area contributed by atoms with E-state index in [4.69, 9.17) is 4.74 Å². The Bertz CT molecular complexity index is 803. The number of aromatic amines is 1. The number of methoxy groups -OCH3 is 1. The van der Waals surface area contributed by atoms with Crippen LogP contribution in [0.2, 0.25) is 0 Å². The third kappa shape index (κ3) is 2.18. The number of hydrogen-bond donors (Lipinski definition) is 1. The lowest BCUT2D eigenvalue weighted by Crippen LogP contribution is -2.17. The zero-order valence-electron chi connectivity index (χ0n) is 10.9. The Labute approximate surface area is 114 Å². The molecule has 0 aliphatic carbocycles. The summed E-state index contributed by atoms with van der Waals surface area (Å²) in [6, 6.07) is 11.7. The van der Waals surface area contributed by atoms with Crippen molar-refractivity contribution in [1.29, 1.82) is 0 Å². The van der Waals surface area contributed by atoms with Gasteiger partial charge in [-0.1, -0.05) is 12.1 Å². The van der Waals surface area contributed by atoms with Gasteiger partial charge >= 0.3 is 5.69 Å². The molecule has 1 aromatic heterocycles. The highest BCUT2D eigenvalue weighted by molar-refractivity contribution is 5.75. The van der Waals surface area contributed by atoms with Crippen molar-refractivity contribution >= 4 is 11.0 Å². The van der Waals surface area contributed by atoms with Crippen LogP contribution in [0.3, 0.4) is 0 Å². The molecule has 1 heterocycles. The lowest BCUT2D eigenvalue weighted by atomic mass is 10.2. The first-order valence-electron chi connectivity index (χ1n) is 6.18. The summed E-state index contributed by atoms with van der Waals surface area (Å²) in [4.78, 5) is 14.6. The van der Waals surface area contributed by atoms with Crippen LogP contribution in [0.25, 0.3) is 11.0 Å². The molecule has 20 heavy (non-hydrogen) atoms. The lowest BCUT2D eigenvalue weighted by molar-refractivity contribution is 0.414. The molecule has 4 nitrogen and oxygen atoms in total. The quantitative estimate of drug-likeness (QED) is 0.796. The molecule has 2 aromatic carbocycles. The van der Waals surface area contributed by atoms with Crippen LogP contribution in [0.15, 0.2) is 47.3 Å². The van der Waals surface area contributed by atoms with Crippen LogP contribution in [0.5, 0.6) is 5.75 Å². The van der Waals surface area contributed by atoms with Crippen molar-refractivity contribution in [3.8, 4) is 5.75 Å². The summed E-state index contributed by atoms with van der Waals surface area (Å²) in [5.41, 5.74) is 1.91. The minimum atomic E-state index is -0.365. The second kappa shape index (κ2) is 4.85. The molecule has 0 fully saturated rings. The molecule has 0 saturated carbocycles. The number of ether oxygens (including phenoxy) is 1. The summed E-state index contributed by atoms with van der Waals surface area (Å²) in [7, 11) is 1.60. The van der Waals surface area contributed by atoms with E-state index in [-0.39, 0.29) is 11.5 Å². The number of imidazole rings is 1. The molecule has 0 spiro atoms. The number of fused-ring (bicyclic) bond motifs is 1. The molecule has 5 heteroatoms. The minimum absolute atomic E-state index is 0.249. The Morgan fingerprint density at radius 1 is 1.20 bits per heavy atom. The smallest absolute Gasteiger partial charge is 0.326 e. The molecule has 0 amide bonds. The van der Waals surface area contributed by atoms with Gasteiger partial charge in [0.1, 0.15) is 11.6 Å². The first kappa shape index (κ1) is 12.5. The van der Waals surface area contributed by atoms with Gasteiger partial charge in [-0.25, -0.2) is 9.18 Å². The molecule has 0 bridgehead atoms. The fourth-order valence-electron chi connectivity index (χ4n) is 2.21. The Hall–Kier alpha value is -2.56. The number of halogens is 1. The third-order valence-electron chi connectivity index (χ3n) is 3.24. The molecule has 0 radical (unpaired) electrons. The predicted molar refractivity (Wildman–Crippen MR) is 74.6 cm³/mol. The van der Waals surface area contributed by atoms with E-state index >= 15 is 0 Å². The van der Waals surface area contributed by atoms with E-state index in [9.17, 15) is 9.18 Å². The highest BCUT2D eigenvalue weighted by Gasteiger charge is 2.08. The van der Waals surface area contributed by atoms with Crippen molar-refractivity contribution in [1.82, 2.24) is 9.55 Å². The summed E-state index contributed by atoms with van der Waals surface area (Å²) >= 11 is 0. The number of aromatic nitrogens is 2. The Balaban J connectivity index is 2.01. The molecule has 3 rings (SSSR count). The largest absolute Gasteiger partial charge is 0.497 e. The van der Waals surface area contributed by atoms with Crippen molar-refractivity contribution in [2.75, 3.05) is 7.11 Å². The van der Waals surface area contributed by atoms with Crippen molar-refractivity contribution < 1.29 is 9.13 Å². The monoisotopic (exact) mass is 272 g/mol. The Morgan fingerprint density at radius 3 is 2.65 bits per heavy atom. The van der Waals surface area contributed by atoms with E-state index in [0.717, 1.165) is 11.3 Å². The van der Waals surface area contributed by atoms with Gasteiger partial charge < -0.3 is 9.72 Å². The number of rotatable bonds is 3. The average Bonchev–Trinajstić information content (AvgIpc) is 2.75. The van der Waals surface area contributed by atoms with Crippen LogP contribution in [0.1, 0.15) is 5.56 Å². The van der Waals surface area contributed by atoms with E-state index in [1.165, 1.54) is 12.1 Å². The fourth-order valence-corrected chi connectivity index (χ4v) is 2.21. The molecule has 0 saturated heterocycles. The number of nitrogens with zero attached hydrogens (tertiary/aromatic N) is 1. The summed E-state index contributed by atoms with van der Waals surface area (Å²) in [5.74, 6) is 0.400. The van der Waals surface area contributed by atoms with Crippen molar-refractivity contribution in [2.24, 2.45) is 0 Å². The average molecular weight is 272 g/mol. The number of hydrogen-bond acceptors (Lipinski definition) is 2. The van der Waals surface area contributed by atoms with Gasteiger partial charge in [0.15, 0.2) is 0 Å². The van der Waals surface area contributed by atoms with Gasteiger partial charge in [0.25, 0.3) is 0 Å². The topological polar surface area (TPSA) is 47.0 Å². The number of nitrogens with one attached hydrogen (secondary N) is 1. The first-order chi connectivity index (χ1) is 9.67. The van der Waals surface area contributed by atoms with Crippen molar-refractivity contribution in [3.05, 3.63) is 64.3 Å². The third-order valence-corrected chi connectivity index (χ3v) is 3.24. The van der Waals surface area contributed by atoms with Crippen LogP contribution in [-0.2, 0) is 6.54 Å². The summed E-state index contributed by atoms with van der Waals surface area (Å²) in [5, 5.41) is 0. The maximum atomic E-state index is 13.1. The van der Waals surface area contributed by atoms with Crippen molar-refractivity contribution in [3.63, 3.8) is 0 Å². The van der Waals surface area contributed by atoms with Gasteiger partial charge in [-0.2, -0.15) is 0 Å². The first-order valence-corrected chi connectivity index (χ1v) is 6.18. The standard InChI is InChI=1S/C15H13FN2O2/c1-20-12-5-2-10(3-6-12)9-18-14-7-4-11(16)8-13(14)17-15(18)19/h2-8H,9H2,1H3,(H,17,19). The number of H-pyrrole nitrogens is 1. The second-order valence-electron chi connectivity index (χ2n) is 4.53. The zero-order valence-corrected chi connectivity index (χ0v) is 10.9. The molecule has 0 aliphatic rings. The Kier molecular flexibility index (Phi) is 3.02. The maximum absolute atomic E-state index is 13.1. The molecule has 0 atom stereocenters. The van der Waals surface area contributed by atoms with Crippen LogP contribution < -0.4 is 10.4 Å². The molecule has 102 valence electrons. The van der Waals surface area contributed by atoms with Crippen LogP contribution in [-0.4, -0.2) is 16.7 Å². The van der Waals surface area contributed by atoms with Gasteiger partial charge in [0, 0.05) is 0 Å². The van der Waals surface area contributed by atoms with E-state index in [1.54, 1.807) is 17.7 Å². The zero-order chi connectivity index (χ0) is 14.1. The van der Waals surface area contributed by atoms with Crippen molar-refractivity contribution in [2.45, 2.75) is 6.54 Å². The van der Waals surface area contributed by atoms with E-state index < -0.39 is 0 Å². The highest BCUT2D eigenvalue weighted by Crippen LogP contribution is 2.15. The van der Waals surface area contributed by atoms with Gasteiger partial charge in [-0.15, -0.1) is 0 Å². The van der Waals surface area contributed by atoms with Gasteiger partial charge in [0.05, 0.1) is 24.7 Å². The minimum Gasteiger partial charge on any atom is -0.497 e. The summed E-state index contributed by atoms with van der Waals surface area (Å²) in [6.07, 6.45) is 0. The summed E-state index contributed by atoms with van der Waals surface area (Å²) in [6.45, 7) is 0.425. The van der Waals surface area contributed by atoms with E-state index in [2.05, 4.69) is 4.98 Å². The van der Waals surface area contributed by atoms with Crippen LogP contribution in [0.4, 0.5) is 4.39 Å². The van der Waals surface area contributed by atoms with Crippen LogP contribution >= 0.6 is 0 Å². The SMILES string of the molecule is COc1ccc(Cn2c(=O)[nH]c3cc(F)ccc32)cc1. The fraction of sp³-hybridized carbons (Fsp3) is 0.133. The molecular weight excluding hydrogens is 259 g/mol. The normalized spacial score (nSPS) is 10.9. The van der Waals surface area contributed by atoms with Gasteiger partial charge in [-0.3, -0.25) is 4.57 Å². The molecular formula is C15H13FN2O2. The lowest BCUT2D eigenvalue weighted by Gasteiger charge is -2.05. The van der Waals surface area contributed by atoms with E-state index in [1.807, 2.05) is 24.3 Å². The molecule has 1 N–H and O–H groups in total. The Morgan fingerprint density at radius 2 is 1.95 bits per heavy atom. The number of benzene rings is 2. The summed E-state index contributed by atoms with van der Waals surface area (Å²) < 4.78 is 19.8. The van der Waals surface area contributed by atoms with Gasteiger partial charge in [-0.05, 0) is 35.9 Å². The van der Waals surface area contributed by atoms with E-state index in [0.29, 0.717) is 17.6 Å². The van der Waals surface area contributed by atoms with Gasteiger partial charge in [0.2, 0.25) is 0 Å². The second-order valence-corrected chi connectivity index (χ2v) is 4.53. The van der Waals surface area contributed by atoms with Crippen LogP contribution in [0, 0.1) is 5.82 Å². The maximum Gasteiger partial charge on any atom is 0.326 e.